The van der Waals surface area contributed by atoms with E-state index in [0.29, 0.717) is 6.42 Å². The summed E-state index contributed by atoms with van der Waals surface area (Å²) in [5, 5.41) is 19.3. The number of hydrogen-bond donors (Lipinski definition) is 2. The van der Waals surface area contributed by atoms with E-state index in [1.807, 2.05) is 13.0 Å². The number of aliphatic hydroxyl groups is 2. The fraction of sp³-hybridized carbons (Fsp3) is 0.800. The van der Waals surface area contributed by atoms with Crippen LogP contribution in [0.1, 0.15) is 40.0 Å². The van der Waals surface area contributed by atoms with Gasteiger partial charge >= 0.3 is 0 Å². The third kappa shape index (κ3) is 2.32. The van der Waals surface area contributed by atoms with Gasteiger partial charge in [0.25, 0.3) is 0 Å². The third-order valence-corrected chi connectivity index (χ3v) is 2.51. The average molecular weight is 170 g/mol. The van der Waals surface area contributed by atoms with Crippen molar-refractivity contribution in [3.05, 3.63) is 11.6 Å². The molecule has 1 rings (SSSR count). The molecule has 2 nitrogen and oxygen atoms in total. The van der Waals surface area contributed by atoms with Crippen molar-refractivity contribution in [2.24, 2.45) is 0 Å². The first-order valence-electron chi connectivity index (χ1n) is 4.45. The van der Waals surface area contributed by atoms with E-state index in [2.05, 4.69) is 0 Å². The van der Waals surface area contributed by atoms with Gasteiger partial charge < -0.3 is 10.2 Å². The van der Waals surface area contributed by atoms with E-state index in [4.69, 9.17) is 0 Å². The van der Waals surface area contributed by atoms with Gasteiger partial charge in [0, 0.05) is 0 Å². The predicted molar refractivity (Wildman–Crippen MR) is 48.9 cm³/mol. The van der Waals surface area contributed by atoms with Crippen LogP contribution in [0.5, 0.6) is 0 Å². The lowest BCUT2D eigenvalue weighted by Crippen LogP contribution is -2.31. The highest BCUT2D eigenvalue weighted by molar-refractivity contribution is 5.18. The molecule has 0 bridgehead atoms. The quantitative estimate of drug-likeness (QED) is 0.587. The third-order valence-electron chi connectivity index (χ3n) is 2.51. The van der Waals surface area contributed by atoms with Gasteiger partial charge in [-0.2, -0.15) is 0 Å². The van der Waals surface area contributed by atoms with Gasteiger partial charge in [0.05, 0.1) is 11.2 Å². The van der Waals surface area contributed by atoms with Crippen LogP contribution in [0.15, 0.2) is 11.6 Å². The summed E-state index contributed by atoms with van der Waals surface area (Å²) in [5.41, 5.74) is -0.223. The zero-order valence-corrected chi connectivity index (χ0v) is 8.09. The van der Waals surface area contributed by atoms with E-state index in [1.54, 1.807) is 13.8 Å². The fourth-order valence-corrected chi connectivity index (χ4v) is 1.51. The van der Waals surface area contributed by atoms with Crippen molar-refractivity contribution in [2.45, 2.75) is 51.2 Å². The van der Waals surface area contributed by atoms with E-state index in [1.165, 1.54) is 0 Å². The molecule has 2 N–H and O–H groups in total. The molecular weight excluding hydrogens is 152 g/mol. The van der Waals surface area contributed by atoms with Gasteiger partial charge in [0.1, 0.15) is 0 Å². The van der Waals surface area contributed by atoms with Gasteiger partial charge in [0.15, 0.2) is 0 Å². The van der Waals surface area contributed by atoms with Crippen molar-refractivity contribution in [1.29, 1.82) is 0 Å². The van der Waals surface area contributed by atoms with E-state index < -0.39 is 11.2 Å². The Morgan fingerprint density at radius 2 is 2.08 bits per heavy atom. The standard InChI is InChI=1S/C10H18O2/c1-9(2,11)8-4-6-10(3,12)7-5-8/h4,11-12H,5-7H2,1-3H3. The highest BCUT2D eigenvalue weighted by Gasteiger charge is 2.28. The Kier molecular flexibility index (Phi) is 2.32. The SMILES string of the molecule is CC1(O)CC=C(C(C)(C)O)CC1. The van der Waals surface area contributed by atoms with E-state index in [9.17, 15) is 10.2 Å². The maximum absolute atomic E-state index is 9.66. The van der Waals surface area contributed by atoms with Gasteiger partial charge in [-0.25, -0.2) is 0 Å². The van der Waals surface area contributed by atoms with Gasteiger partial charge in [-0.05, 0) is 45.6 Å². The second-order valence-corrected chi connectivity index (χ2v) is 4.49. The normalized spacial score (nSPS) is 31.6. The summed E-state index contributed by atoms with van der Waals surface area (Å²) in [6.07, 6.45) is 4.18. The molecule has 0 fully saturated rings. The molecule has 1 aliphatic rings. The maximum atomic E-state index is 9.66. The molecule has 0 aromatic carbocycles. The molecule has 0 radical (unpaired) electrons. The minimum atomic E-state index is -0.712. The van der Waals surface area contributed by atoms with Crippen molar-refractivity contribution >= 4 is 0 Å². The number of hydrogen-bond acceptors (Lipinski definition) is 2. The van der Waals surface area contributed by atoms with Crippen LogP contribution in [-0.2, 0) is 0 Å². The molecule has 0 heterocycles. The molecule has 1 aliphatic carbocycles. The van der Waals surface area contributed by atoms with Crippen LogP contribution in [0.25, 0.3) is 0 Å². The molecule has 0 aromatic rings. The summed E-state index contributed by atoms with van der Waals surface area (Å²) in [6.45, 7) is 5.42. The predicted octanol–water partition coefficient (Wildman–Crippen LogP) is 1.62. The maximum Gasteiger partial charge on any atom is 0.0800 e. The number of rotatable bonds is 1. The summed E-state index contributed by atoms with van der Waals surface area (Å²) in [6, 6.07) is 0. The Balaban J connectivity index is 2.69. The highest BCUT2D eigenvalue weighted by Crippen LogP contribution is 2.32. The molecule has 0 amide bonds. The average Bonchev–Trinajstić information content (AvgIpc) is 1.83. The second kappa shape index (κ2) is 2.86. The van der Waals surface area contributed by atoms with Gasteiger partial charge in [-0.1, -0.05) is 6.08 Å². The summed E-state index contributed by atoms with van der Waals surface area (Å²) < 4.78 is 0. The molecule has 0 aromatic heterocycles. The summed E-state index contributed by atoms with van der Waals surface area (Å²) >= 11 is 0. The minimum Gasteiger partial charge on any atom is -0.390 e. The fourth-order valence-electron chi connectivity index (χ4n) is 1.51. The zero-order chi connectivity index (χ0) is 9.41. The summed E-state index contributed by atoms with van der Waals surface area (Å²) in [7, 11) is 0. The molecule has 0 saturated carbocycles. The molecule has 0 spiro atoms. The molecule has 1 atom stereocenters. The molecular formula is C10H18O2. The Hall–Kier alpha value is -0.340. The minimum absolute atomic E-state index is 0.561. The van der Waals surface area contributed by atoms with Gasteiger partial charge in [-0.3, -0.25) is 0 Å². The Bertz CT molecular complexity index is 196. The Labute approximate surface area is 73.9 Å². The van der Waals surface area contributed by atoms with Crippen molar-refractivity contribution in [3.8, 4) is 0 Å². The van der Waals surface area contributed by atoms with Crippen LogP contribution in [0.3, 0.4) is 0 Å². The molecule has 0 saturated heterocycles. The second-order valence-electron chi connectivity index (χ2n) is 4.49. The van der Waals surface area contributed by atoms with Crippen LogP contribution >= 0.6 is 0 Å². The van der Waals surface area contributed by atoms with Crippen LogP contribution in [-0.4, -0.2) is 21.4 Å². The van der Waals surface area contributed by atoms with Crippen molar-refractivity contribution in [3.63, 3.8) is 0 Å². The first-order chi connectivity index (χ1) is 5.31. The van der Waals surface area contributed by atoms with E-state index in [0.717, 1.165) is 18.4 Å². The van der Waals surface area contributed by atoms with Crippen LogP contribution in [0, 0.1) is 0 Å². The lowest BCUT2D eigenvalue weighted by atomic mass is 9.81. The largest absolute Gasteiger partial charge is 0.390 e. The first-order valence-corrected chi connectivity index (χ1v) is 4.45. The smallest absolute Gasteiger partial charge is 0.0800 e. The Morgan fingerprint density at radius 1 is 1.50 bits per heavy atom. The first kappa shape index (κ1) is 9.75. The van der Waals surface area contributed by atoms with Crippen LogP contribution in [0.2, 0.25) is 0 Å². The lowest BCUT2D eigenvalue weighted by molar-refractivity contribution is 0.0393. The molecule has 12 heavy (non-hydrogen) atoms. The molecule has 1 unspecified atom stereocenters. The molecule has 0 aliphatic heterocycles. The topological polar surface area (TPSA) is 40.5 Å². The van der Waals surface area contributed by atoms with Crippen molar-refractivity contribution in [2.75, 3.05) is 0 Å². The van der Waals surface area contributed by atoms with Crippen LogP contribution < -0.4 is 0 Å². The Morgan fingerprint density at radius 3 is 2.42 bits per heavy atom. The highest BCUT2D eigenvalue weighted by atomic mass is 16.3. The van der Waals surface area contributed by atoms with E-state index >= 15 is 0 Å². The van der Waals surface area contributed by atoms with Crippen molar-refractivity contribution in [1.82, 2.24) is 0 Å². The van der Waals surface area contributed by atoms with Gasteiger partial charge in [-0.15, -0.1) is 0 Å². The van der Waals surface area contributed by atoms with Crippen LogP contribution in [0.4, 0.5) is 0 Å². The van der Waals surface area contributed by atoms with Crippen molar-refractivity contribution < 1.29 is 10.2 Å². The summed E-state index contributed by atoms with van der Waals surface area (Å²) in [4.78, 5) is 0. The van der Waals surface area contributed by atoms with E-state index in [-0.39, 0.29) is 0 Å². The monoisotopic (exact) mass is 170 g/mol. The lowest BCUT2D eigenvalue weighted by Gasteiger charge is -2.32. The summed E-state index contributed by atoms with van der Waals surface area (Å²) in [5.74, 6) is 0. The zero-order valence-electron chi connectivity index (χ0n) is 8.09. The van der Waals surface area contributed by atoms with Gasteiger partial charge in [0.2, 0.25) is 0 Å². The molecule has 2 heteroatoms. The molecule has 70 valence electrons.